The fourth-order valence-corrected chi connectivity index (χ4v) is 2.74. The summed E-state index contributed by atoms with van der Waals surface area (Å²) in [5, 5.41) is 8.86. The van der Waals surface area contributed by atoms with Gasteiger partial charge in [0.15, 0.2) is 0 Å². The van der Waals surface area contributed by atoms with Crippen molar-refractivity contribution in [3.63, 3.8) is 0 Å². The van der Waals surface area contributed by atoms with Crippen LogP contribution in [0.4, 0.5) is 0 Å². The molecule has 122 valence electrons. The number of nitrogens with zero attached hydrogens (tertiary/aromatic N) is 1. The Morgan fingerprint density at radius 3 is 2.71 bits per heavy atom. The highest BCUT2D eigenvalue weighted by Gasteiger charge is 2.01. The van der Waals surface area contributed by atoms with Gasteiger partial charge >= 0.3 is 0 Å². The van der Waals surface area contributed by atoms with Gasteiger partial charge in [0.1, 0.15) is 0 Å². The van der Waals surface area contributed by atoms with Crippen molar-refractivity contribution in [1.82, 2.24) is 0 Å². The number of rotatable bonds is 6. The molecule has 0 saturated heterocycles. The number of nitriles is 1. The van der Waals surface area contributed by atoms with Crippen LogP contribution in [0.15, 0.2) is 78.4 Å². The average molecular weight is 313 g/mol. The predicted molar refractivity (Wildman–Crippen MR) is 103 cm³/mol. The summed E-state index contributed by atoms with van der Waals surface area (Å²) in [5.41, 5.74) is 5.38. The Morgan fingerprint density at radius 1 is 1.33 bits per heavy atom. The summed E-state index contributed by atoms with van der Waals surface area (Å²) >= 11 is 0. The van der Waals surface area contributed by atoms with Crippen LogP contribution in [0.5, 0.6) is 0 Å². The van der Waals surface area contributed by atoms with Gasteiger partial charge in [-0.25, -0.2) is 23.6 Å². The van der Waals surface area contributed by atoms with Crippen LogP contribution in [0.25, 0.3) is 5.57 Å². The van der Waals surface area contributed by atoms with Gasteiger partial charge in [0, 0.05) is 0 Å². The summed E-state index contributed by atoms with van der Waals surface area (Å²) in [7, 11) is 0. The highest BCUT2D eigenvalue weighted by molar-refractivity contribution is 5.72. The van der Waals surface area contributed by atoms with Crippen LogP contribution < -0.4 is 0 Å². The van der Waals surface area contributed by atoms with Gasteiger partial charge in [-0.3, -0.25) is 12.5 Å². The van der Waals surface area contributed by atoms with E-state index in [1.165, 1.54) is 17.1 Å². The first kappa shape index (κ1) is 17.5. The zero-order chi connectivity index (χ0) is 17.4. The van der Waals surface area contributed by atoms with Gasteiger partial charge in [0.2, 0.25) is 0 Å². The second-order valence-corrected chi connectivity index (χ2v) is 5.65. The Hall–Kier alpha value is -2.85. The molecule has 0 unspecified atom stereocenters. The van der Waals surface area contributed by atoms with Crippen molar-refractivity contribution in [1.29, 1.82) is 5.26 Å². The highest BCUT2D eigenvalue weighted by Crippen LogP contribution is 2.32. The van der Waals surface area contributed by atoms with Gasteiger partial charge in [-0.05, 0) is 29.7 Å². The third kappa shape index (κ3) is 4.33. The molecule has 24 heavy (non-hydrogen) atoms. The first-order valence-electron chi connectivity index (χ1n) is 8.29. The lowest BCUT2D eigenvalue weighted by Gasteiger charge is -2.37. The van der Waals surface area contributed by atoms with E-state index < -0.39 is 0 Å². The molecule has 1 aliphatic carbocycles. The predicted octanol–water partition coefficient (Wildman–Crippen LogP) is 6.15. The first-order valence-corrected chi connectivity index (χ1v) is 8.29. The van der Waals surface area contributed by atoms with Crippen LogP contribution in [0, 0.1) is 23.7 Å². The topological polar surface area (TPSA) is 23.8 Å². The maximum Gasteiger partial charge on any atom is 0.0991 e. The van der Waals surface area contributed by atoms with Crippen LogP contribution in [0.2, 0.25) is 0 Å². The molecule has 0 amide bonds. The minimum atomic E-state index is 0.669. The molecule has 0 heterocycles. The standard InChI is InChI=1S/C23H23N/c1-4-20(5-2)23-12-7-6-10-22(23)11-8-9-18(3)21-15-13-19(17-24)14-16-21/h4,6-10,12-16H,3,5,11H2,1-2H3/q-2/b9-8-,20-4?. The summed E-state index contributed by atoms with van der Waals surface area (Å²) in [6, 6.07) is 9.66. The van der Waals surface area contributed by atoms with Crippen molar-refractivity contribution in [3.8, 4) is 6.07 Å². The van der Waals surface area contributed by atoms with E-state index in [9.17, 15) is 0 Å². The zero-order valence-corrected chi connectivity index (χ0v) is 14.4. The van der Waals surface area contributed by atoms with Crippen molar-refractivity contribution in [2.75, 3.05) is 0 Å². The first-order chi connectivity index (χ1) is 11.7. The maximum atomic E-state index is 8.86. The molecule has 1 aromatic carbocycles. The number of hydrogen-bond acceptors (Lipinski definition) is 1. The molecule has 0 fully saturated rings. The van der Waals surface area contributed by atoms with Crippen molar-refractivity contribution in [2.45, 2.75) is 26.7 Å². The highest BCUT2D eigenvalue weighted by atomic mass is 14.2. The van der Waals surface area contributed by atoms with E-state index in [1.807, 2.05) is 24.3 Å². The van der Waals surface area contributed by atoms with Crippen LogP contribution in [0.3, 0.4) is 0 Å². The Bertz CT molecular complexity index is 733. The fraction of sp³-hybridized carbons (Fsp3) is 0.174. The molecule has 2 rings (SSSR count). The second-order valence-electron chi connectivity index (χ2n) is 5.65. The minimum Gasteiger partial charge on any atom is -0.253 e. The molecule has 0 saturated carbocycles. The lowest BCUT2D eigenvalue weighted by atomic mass is 9.83. The van der Waals surface area contributed by atoms with Gasteiger partial charge in [0.25, 0.3) is 0 Å². The van der Waals surface area contributed by atoms with E-state index in [0.717, 1.165) is 24.0 Å². The van der Waals surface area contributed by atoms with Crippen molar-refractivity contribution >= 4 is 5.57 Å². The average Bonchev–Trinajstić information content (AvgIpc) is 2.64. The van der Waals surface area contributed by atoms with Gasteiger partial charge in [0.05, 0.1) is 11.6 Å². The summed E-state index contributed by atoms with van der Waals surface area (Å²) < 4.78 is 0. The molecule has 0 aliphatic heterocycles. The molecule has 1 aromatic rings. The van der Waals surface area contributed by atoms with E-state index in [0.29, 0.717) is 5.56 Å². The summed E-state index contributed by atoms with van der Waals surface area (Å²) in [6.45, 7) is 8.41. The molecule has 0 aromatic heterocycles. The van der Waals surface area contributed by atoms with Gasteiger partial charge in [-0.1, -0.05) is 51.1 Å². The Labute approximate surface area is 146 Å². The molecule has 1 nitrogen and oxygen atoms in total. The van der Waals surface area contributed by atoms with Crippen LogP contribution in [-0.4, -0.2) is 0 Å². The Balaban J connectivity index is 2.03. The van der Waals surface area contributed by atoms with Crippen LogP contribution in [-0.2, 0) is 0 Å². The maximum absolute atomic E-state index is 8.86. The second kappa shape index (κ2) is 8.70. The number of benzene rings is 1. The molecule has 1 heteroatoms. The summed E-state index contributed by atoms with van der Waals surface area (Å²) in [4.78, 5) is 0. The third-order valence-corrected chi connectivity index (χ3v) is 4.13. The largest absolute Gasteiger partial charge is 0.253 e. The number of hydrogen-bond donors (Lipinski definition) is 0. The Kier molecular flexibility index (Phi) is 6.34. The van der Waals surface area contributed by atoms with E-state index >= 15 is 0 Å². The molecule has 1 aliphatic rings. The molecular weight excluding hydrogens is 290 g/mol. The normalized spacial score (nSPS) is 14.3. The fourth-order valence-electron chi connectivity index (χ4n) is 2.74. The zero-order valence-electron chi connectivity index (χ0n) is 14.4. The Morgan fingerprint density at radius 2 is 2.08 bits per heavy atom. The molecule has 0 spiro atoms. The van der Waals surface area contributed by atoms with Crippen molar-refractivity contribution in [3.05, 3.63) is 102 Å². The monoisotopic (exact) mass is 313 g/mol. The lowest BCUT2D eigenvalue weighted by Crippen LogP contribution is -2.05. The van der Waals surface area contributed by atoms with E-state index in [-0.39, 0.29) is 0 Å². The molecule has 0 radical (unpaired) electrons. The van der Waals surface area contributed by atoms with Gasteiger partial charge in [-0.2, -0.15) is 16.9 Å². The molecule has 0 N–H and O–H groups in total. The summed E-state index contributed by atoms with van der Waals surface area (Å²) in [5.74, 6) is 1.33. The number of allylic oxidation sites excluding steroid dienone is 9. The third-order valence-electron chi connectivity index (χ3n) is 4.13. The SMILES string of the molecule is C=C(/C=C\CC1=C[CH-]C=C[C-]1C(=CC)CC)c1ccc(C#N)cc1. The van der Waals surface area contributed by atoms with E-state index in [2.05, 4.69) is 69.4 Å². The minimum absolute atomic E-state index is 0.669. The van der Waals surface area contributed by atoms with Crippen LogP contribution in [0.1, 0.15) is 37.8 Å². The van der Waals surface area contributed by atoms with Crippen molar-refractivity contribution < 1.29 is 0 Å². The van der Waals surface area contributed by atoms with E-state index in [1.54, 1.807) is 0 Å². The summed E-state index contributed by atoms with van der Waals surface area (Å²) in [6.07, 6.45) is 16.9. The molecule has 0 bridgehead atoms. The molecular formula is C23H23N-2. The van der Waals surface area contributed by atoms with Gasteiger partial charge < -0.3 is 0 Å². The van der Waals surface area contributed by atoms with Crippen molar-refractivity contribution in [2.24, 2.45) is 0 Å². The van der Waals surface area contributed by atoms with Crippen LogP contribution >= 0.6 is 0 Å². The quantitative estimate of drug-likeness (QED) is 0.456. The van der Waals surface area contributed by atoms with Gasteiger partial charge in [-0.15, -0.1) is 0 Å². The smallest absolute Gasteiger partial charge is 0.0991 e. The van der Waals surface area contributed by atoms with E-state index in [4.69, 9.17) is 5.26 Å². The lowest BCUT2D eigenvalue weighted by molar-refractivity contribution is 1.01. The molecule has 0 atom stereocenters.